The van der Waals surface area contributed by atoms with Crippen molar-refractivity contribution in [2.45, 2.75) is 30.7 Å². The van der Waals surface area contributed by atoms with Crippen LogP contribution in [0.5, 0.6) is 0 Å². The van der Waals surface area contributed by atoms with Gasteiger partial charge in [-0.1, -0.05) is 54.1 Å². The minimum Gasteiger partial charge on any atom is -0.381 e. The number of benzene rings is 2. The van der Waals surface area contributed by atoms with Crippen LogP contribution in [0.25, 0.3) is 0 Å². The lowest BCUT2D eigenvalue weighted by molar-refractivity contribution is -0.122. The fraction of sp³-hybridized carbons (Fsp3) is 0.381. The van der Waals surface area contributed by atoms with Crippen molar-refractivity contribution in [2.75, 3.05) is 19.8 Å². The van der Waals surface area contributed by atoms with Gasteiger partial charge in [-0.3, -0.25) is 4.79 Å². The summed E-state index contributed by atoms with van der Waals surface area (Å²) < 4.78 is 5.54. The van der Waals surface area contributed by atoms with Gasteiger partial charge in [-0.15, -0.1) is 12.4 Å². The Bertz CT molecular complexity index is 717. The van der Waals surface area contributed by atoms with Gasteiger partial charge in [0.2, 0.25) is 5.91 Å². The summed E-state index contributed by atoms with van der Waals surface area (Å²) in [6.07, 6.45) is 2.26. The van der Waals surface area contributed by atoms with Crippen molar-refractivity contribution in [1.29, 1.82) is 0 Å². The average Bonchev–Trinajstić information content (AvgIpc) is 2.68. The zero-order chi connectivity index (χ0) is 18.4. The molecule has 1 fully saturated rings. The van der Waals surface area contributed by atoms with Gasteiger partial charge in [0.05, 0.1) is 6.04 Å². The predicted molar refractivity (Wildman–Crippen MR) is 112 cm³/mol. The van der Waals surface area contributed by atoms with Gasteiger partial charge in [0.1, 0.15) is 0 Å². The number of carbonyl (C=O) groups is 1. The highest BCUT2D eigenvalue weighted by Gasteiger charge is 2.35. The topological polar surface area (TPSA) is 64.4 Å². The normalized spacial score (nSPS) is 16.8. The van der Waals surface area contributed by atoms with Crippen molar-refractivity contribution in [3.63, 3.8) is 0 Å². The summed E-state index contributed by atoms with van der Waals surface area (Å²) in [7, 11) is 0. The highest BCUT2D eigenvalue weighted by molar-refractivity contribution is 6.30. The van der Waals surface area contributed by atoms with E-state index in [-0.39, 0.29) is 23.7 Å². The zero-order valence-electron chi connectivity index (χ0n) is 15.2. The molecule has 1 amide bonds. The summed E-state index contributed by atoms with van der Waals surface area (Å²) in [6.45, 7) is 1.93. The second kappa shape index (κ2) is 10.1. The number of nitrogens with two attached hydrogens (primary N) is 1. The maximum absolute atomic E-state index is 12.5. The van der Waals surface area contributed by atoms with Crippen LogP contribution in [0.15, 0.2) is 54.6 Å². The molecule has 1 heterocycles. The number of halogens is 2. The standard InChI is InChI=1S/C21H25ClN2O2.ClH/c22-18-8-6-17(7-9-18)21(10-12-26-13-11-21)15-24-20(25)19(23)14-16-4-2-1-3-5-16;/h1-9,19H,10-15,23H2,(H,24,25);1H/t19-;/m0./s1. The first-order chi connectivity index (χ1) is 12.6. The van der Waals surface area contributed by atoms with Crippen LogP contribution in [0.3, 0.4) is 0 Å². The highest BCUT2D eigenvalue weighted by atomic mass is 35.5. The number of hydrogen-bond acceptors (Lipinski definition) is 3. The van der Waals surface area contributed by atoms with Gasteiger partial charge in [-0.2, -0.15) is 0 Å². The average molecular weight is 409 g/mol. The Morgan fingerprint density at radius 2 is 1.74 bits per heavy atom. The Hall–Kier alpha value is -1.59. The number of ether oxygens (including phenoxy) is 1. The monoisotopic (exact) mass is 408 g/mol. The van der Waals surface area contributed by atoms with E-state index in [4.69, 9.17) is 22.1 Å². The van der Waals surface area contributed by atoms with Crippen molar-refractivity contribution in [3.8, 4) is 0 Å². The second-order valence-corrected chi connectivity index (χ2v) is 7.35. The first kappa shape index (κ1) is 21.7. The van der Waals surface area contributed by atoms with E-state index >= 15 is 0 Å². The lowest BCUT2D eigenvalue weighted by atomic mass is 9.74. The molecule has 4 nitrogen and oxygen atoms in total. The van der Waals surface area contributed by atoms with E-state index in [2.05, 4.69) is 5.32 Å². The summed E-state index contributed by atoms with van der Waals surface area (Å²) in [5.74, 6) is -0.117. The summed E-state index contributed by atoms with van der Waals surface area (Å²) in [6, 6.07) is 17.2. The van der Waals surface area contributed by atoms with Crippen LogP contribution in [0.1, 0.15) is 24.0 Å². The maximum Gasteiger partial charge on any atom is 0.237 e. The summed E-state index contributed by atoms with van der Waals surface area (Å²) in [5, 5.41) is 3.79. The zero-order valence-corrected chi connectivity index (χ0v) is 16.8. The van der Waals surface area contributed by atoms with Crippen LogP contribution in [0, 0.1) is 0 Å². The minimum absolute atomic E-state index is 0. The molecule has 3 N–H and O–H groups in total. The van der Waals surface area contributed by atoms with Gasteiger partial charge in [0.15, 0.2) is 0 Å². The molecule has 6 heteroatoms. The lowest BCUT2D eigenvalue weighted by Crippen LogP contribution is -2.49. The molecule has 1 saturated heterocycles. The van der Waals surface area contributed by atoms with Crippen molar-refractivity contribution in [1.82, 2.24) is 5.32 Å². The number of nitrogens with one attached hydrogen (secondary N) is 1. The molecule has 0 radical (unpaired) electrons. The van der Waals surface area contributed by atoms with Gasteiger partial charge >= 0.3 is 0 Å². The molecular formula is C21H26Cl2N2O2. The molecule has 1 atom stereocenters. The molecule has 1 aliphatic heterocycles. The van der Waals surface area contributed by atoms with Gasteiger partial charge in [-0.05, 0) is 42.5 Å². The van der Waals surface area contributed by atoms with E-state index in [9.17, 15) is 4.79 Å². The van der Waals surface area contributed by atoms with Crippen LogP contribution >= 0.6 is 24.0 Å². The molecule has 0 saturated carbocycles. The summed E-state index contributed by atoms with van der Waals surface area (Å²) >= 11 is 6.03. The fourth-order valence-electron chi connectivity index (χ4n) is 3.48. The van der Waals surface area contributed by atoms with E-state index in [1.807, 2.05) is 54.6 Å². The van der Waals surface area contributed by atoms with Crippen molar-refractivity contribution in [2.24, 2.45) is 5.73 Å². The fourth-order valence-corrected chi connectivity index (χ4v) is 3.61. The molecule has 146 valence electrons. The van der Waals surface area contributed by atoms with E-state index in [0.29, 0.717) is 31.2 Å². The van der Waals surface area contributed by atoms with Crippen molar-refractivity contribution in [3.05, 3.63) is 70.7 Å². The largest absolute Gasteiger partial charge is 0.381 e. The smallest absolute Gasteiger partial charge is 0.237 e. The third-order valence-electron chi connectivity index (χ3n) is 5.14. The molecule has 1 aliphatic rings. The Balaban J connectivity index is 0.00000261. The first-order valence-corrected chi connectivity index (χ1v) is 9.38. The Morgan fingerprint density at radius 3 is 2.37 bits per heavy atom. The third kappa shape index (κ3) is 5.69. The Morgan fingerprint density at radius 1 is 1.11 bits per heavy atom. The molecule has 0 spiro atoms. The van der Waals surface area contributed by atoms with Crippen LogP contribution in [-0.4, -0.2) is 31.7 Å². The SMILES string of the molecule is Cl.N[C@@H](Cc1ccccc1)C(=O)NCC1(c2ccc(Cl)cc2)CCOCC1. The quantitative estimate of drug-likeness (QED) is 0.768. The minimum atomic E-state index is -0.556. The van der Waals surface area contributed by atoms with Crippen molar-refractivity contribution >= 4 is 29.9 Å². The molecule has 3 rings (SSSR count). The lowest BCUT2D eigenvalue weighted by Gasteiger charge is -2.38. The second-order valence-electron chi connectivity index (χ2n) is 6.91. The highest BCUT2D eigenvalue weighted by Crippen LogP contribution is 2.34. The molecule has 2 aromatic rings. The van der Waals surface area contributed by atoms with Crippen LogP contribution in [0.2, 0.25) is 5.02 Å². The van der Waals surface area contributed by atoms with E-state index in [1.165, 1.54) is 5.56 Å². The Kier molecular flexibility index (Phi) is 8.11. The first-order valence-electron chi connectivity index (χ1n) is 9.00. The molecule has 0 bridgehead atoms. The van der Waals surface area contributed by atoms with Gasteiger partial charge in [-0.25, -0.2) is 0 Å². The molecular weight excluding hydrogens is 383 g/mol. The van der Waals surface area contributed by atoms with Gasteiger partial charge in [0.25, 0.3) is 0 Å². The summed E-state index contributed by atoms with van der Waals surface area (Å²) in [5.41, 5.74) is 8.22. The third-order valence-corrected chi connectivity index (χ3v) is 5.39. The van der Waals surface area contributed by atoms with Crippen LogP contribution in [-0.2, 0) is 21.4 Å². The van der Waals surface area contributed by atoms with Crippen molar-refractivity contribution < 1.29 is 9.53 Å². The van der Waals surface area contributed by atoms with E-state index < -0.39 is 6.04 Å². The van der Waals surface area contributed by atoms with E-state index in [1.54, 1.807) is 0 Å². The van der Waals surface area contributed by atoms with Crippen LogP contribution < -0.4 is 11.1 Å². The van der Waals surface area contributed by atoms with Crippen LogP contribution in [0.4, 0.5) is 0 Å². The molecule has 0 aromatic heterocycles. The maximum atomic E-state index is 12.5. The van der Waals surface area contributed by atoms with Gasteiger partial charge in [0, 0.05) is 30.2 Å². The number of carbonyl (C=O) groups excluding carboxylic acids is 1. The molecule has 0 aliphatic carbocycles. The molecule has 2 aromatic carbocycles. The number of hydrogen-bond donors (Lipinski definition) is 2. The number of amides is 1. The molecule has 0 unspecified atom stereocenters. The number of rotatable bonds is 6. The molecule has 27 heavy (non-hydrogen) atoms. The Labute approximate surface area is 171 Å². The van der Waals surface area contributed by atoms with Gasteiger partial charge < -0.3 is 15.8 Å². The predicted octanol–water partition coefficient (Wildman–Crippen LogP) is 3.50. The van der Waals surface area contributed by atoms with E-state index in [0.717, 1.165) is 18.4 Å². The summed E-state index contributed by atoms with van der Waals surface area (Å²) in [4.78, 5) is 12.5.